The van der Waals surface area contributed by atoms with Crippen molar-refractivity contribution in [2.45, 2.75) is 13.0 Å². The zero-order valence-electron chi connectivity index (χ0n) is 17.0. The van der Waals surface area contributed by atoms with Crippen molar-refractivity contribution in [1.29, 1.82) is 0 Å². The number of oxazole rings is 1. The zero-order valence-corrected chi connectivity index (χ0v) is 17.0. The molecule has 3 heterocycles. The molecule has 1 amide bonds. The fraction of sp³-hybridized carbons (Fsp3) is 0.190. The highest BCUT2D eigenvalue weighted by Gasteiger charge is 2.20. The fourth-order valence-corrected chi connectivity index (χ4v) is 3.00. The van der Waals surface area contributed by atoms with Gasteiger partial charge in [0.2, 0.25) is 5.95 Å². The third-order valence-electron chi connectivity index (χ3n) is 4.66. The number of benzene rings is 1. The number of carbonyl (C=O) groups is 1. The highest BCUT2D eigenvalue weighted by Crippen LogP contribution is 2.23. The third kappa shape index (κ3) is 4.43. The molecule has 0 radical (unpaired) electrons. The molecule has 0 fully saturated rings. The van der Waals surface area contributed by atoms with Crippen LogP contribution in [0.25, 0.3) is 11.4 Å². The molecule has 158 valence electrons. The summed E-state index contributed by atoms with van der Waals surface area (Å²) in [6, 6.07) is 10.4. The maximum absolute atomic E-state index is 12.6. The van der Waals surface area contributed by atoms with Gasteiger partial charge in [0.25, 0.3) is 5.89 Å². The molecule has 1 aromatic carbocycles. The minimum atomic E-state index is -0.570. The van der Waals surface area contributed by atoms with Crippen molar-refractivity contribution >= 4 is 17.7 Å². The van der Waals surface area contributed by atoms with Gasteiger partial charge in [0.1, 0.15) is 23.5 Å². The van der Waals surface area contributed by atoms with Gasteiger partial charge in [-0.2, -0.15) is 5.10 Å². The highest BCUT2D eigenvalue weighted by molar-refractivity contribution is 5.90. The number of carbonyl (C=O) groups excluding carboxylic acids is 1. The molecule has 3 aromatic heterocycles. The Morgan fingerprint density at radius 3 is 2.74 bits per heavy atom. The molecule has 3 N–H and O–H groups in total. The highest BCUT2D eigenvalue weighted by atomic mass is 16.4. The van der Waals surface area contributed by atoms with Crippen LogP contribution in [0, 0.1) is 6.92 Å². The number of aromatic nitrogens is 5. The Labute approximate surface area is 178 Å². The number of anilines is 2. The molecular formula is C21H21N7O3. The van der Waals surface area contributed by atoms with E-state index < -0.39 is 11.9 Å². The molecule has 0 unspecified atom stereocenters. The third-order valence-corrected chi connectivity index (χ3v) is 4.66. The molecule has 0 saturated heterocycles. The number of hydrogen-bond donors (Lipinski definition) is 3. The van der Waals surface area contributed by atoms with E-state index in [0.717, 1.165) is 16.9 Å². The normalized spacial score (nSPS) is 11.8. The first-order valence-electron chi connectivity index (χ1n) is 9.56. The van der Waals surface area contributed by atoms with Crippen LogP contribution in [0.1, 0.15) is 27.9 Å². The van der Waals surface area contributed by atoms with Crippen molar-refractivity contribution in [3.63, 3.8) is 0 Å². The van der Waals surface area contributed by atoms with Gasteiger partial charge in [0.15, 0.2) is 0 Å². The lowest BCUT2D eigenvalue weighted by Gasteiger charge is -2.15. The quantitative estimate of drug-likeness (QED) is 0.416. The summed E-state index contributed by atoms with van der Waals surface area (Å²) < 4.78 is 7.04. The molecule has 10 heteroatoms. The van der Waals surface area contributed by atoms with Crippen LogP contribution in [0.2, 0.25) is 0 Å². The van der Waals surface area contributed by atoms with Gasteiger partial charge in [-0.05, 0) is 18.1 Å². The number of aryl methyl sites for hydroxylation is 2. The van der Waals surface area contributed by atoms with Crippen LogP contribution in [0.15, 0.2) is 59.5 Å². The second-order valence-corrected chi connectivity index (χ2v) is 6.85. The number of nitrogens with one attached hydrogen (secondary N) is 2. The number of amides is 1. The number of aliphatic hydroxyl groups excluding tert-OH is 1. The molecule has 0 saturated carbocycles. The van der Waals surface area contributed by atoms with E-state index in [9.17, 15) is 9.90 Å². The van der Waals surface area contributed by atoms with Crippen molar-refractivity contribution in [2.24, 2.45) is 7.05 Å². The molecule has 0 spiro atoms. The second kappa shape index (κ2) is 8.76. The van der Waals surface area contributed by atoms with Gasteiger partial charge in [0.05, 0.1) is 18.8 Å². The Morgan fingerprint density at radius 2 is 2.03 bits per heavy atom. The molecule has 0 aliphatic rings. The minimum Gasteiger partial charge on any atom is -0.440 e. The Morgan fingerprint density at radius 1 is 1.23 bits per heavy atom. The van der Waals surface area contributed by atoms with Gasteiger partial charge < -0.3 is 20.2 Å². The lowest BCUT2D eigenvalue weighted by atomic mass is 10.1. The molecular weight excluding hydrogens is 398 g/mol. The average Bonchev–Trinajstić information content (AvgIpc) is 3.43. The molecule has 0 bridgehead atoms. The molecule has 0 aliphatic carbocycles. The smallest absolute Gasteiger partial charge is 0.307 e. The minimum absolute atomic E-state index is 0.122. The van der Waals surface area contributed by atoms with E-state index in [4.69, 9.17) is 4.42 Å². The van der Waals surface area contributed by atoms with E-state index in [0.29, 0.717) is 17.3 Å². The van der Waals surface area contributed by atoms with Crippen LogP contribution in [0.5, 0.6) is 0 Å². The number of hydrogen-bond acceptors (Lipinski definition) is 8. The predicted molar refractivity (Wildman–Crippen MR) is 112 cm³/mol. The SMILES string of the molecule is Cc1cnc(Nc2ccnn2C)nc1-c1coc(C(=O)N[C@H](CO)c2ccccc2)n1. The first-order valence-corrected chi connectivity index (χ1v) is 9.56. The molecule has 10 nitrogen and oxygen atoms in total. The van der Waals surface area contributed by atoms with E-state index in [1.165, 1.54) is 6.26 Å². The van der Waals surface area contributed by atoms with Crippen LogP contribution in [0.3, 0.4) is 0 Å². The van der Waals surface area contributed by atoms with Gasteiger partial charge in [-0.15, -0.1) is 0 Å². The summed E-state index contributed by atoms with van der Waals surface area (Å²) in [5.41, 5.74) is 2.48. The Bertz CT molecular complexity index is 1190. The zero-order chi connectivity index (χ0) is 21.8. The van der Waals surface area contributed by atoms with E-state index in [1.807, 2.05) is 37.3 Å². The van der Waals surface area contributed by atoms with Gasteiger partial charge >= 0.3 is 5.91 Å². The van der Waals surface area contributed by atoms with Crippen LogP contribution < -0.4 is 10.6 Å². The summed E-state index contributed by atoms with van der Waals surface area (Å²) in [6.45, 7) is 1.59. The van der Waals surface area contributed by atoms with E-state index in [-0.39, 0.29) is 12.5 Å². The van der Waals surface area contributed by atoms with Gasteiger partial charge in [-0.3, -0.25) is 9.48 Å². The Balaban J connectivity index is 1.53. The standard InChI is InChI=1S/C21H21N7O3/c1-13-10-22-21(26-17-8-9-23-28(17)2)27-18(13)16-12-31-20(25-16)19(30)24-15(11-29)14-6-4-3-5-7-14/h3-10,12,15,29H,11H2,1-2H3,(H,24,30)(H,22,26,27)/t15-/m1/s1. The first-order chi connectivity index (χ1) is 15.0. The lowest BCUT2D eigenvalue weighted by molar-refractivity contribution is 0.0881. The van der Waals surface area contributed by atoms with Crippen LogP contribution in [0.4, 0.5) is 11.8 Å². The van der Waals surface area contributed by atoms with Crippen molar-refractivity contribution in [2.75, 3.05) is 11.9 Å². The van der Waals surface area contributed by atoms with Crippen LogP contribution in [-0.4, -0.2) is 42.4 Å². The van der Waals surface area contributed by atoms with E-state index >= 15 is 0 Å². The predicted octanol–water partition coefficient (Wildman–Crippen LogP) is 2.38. The van der Waals surface area contributed by atoms with Gasteiger partial charge in [-0.25, -0.2) is 15.0 Å². The number of aliphatic hydroxyl groups is 1. The van der Waals surface area contributed by atoms with Crippen molar-refractivity contribution < 1.29 is 14.3 Å². The fourth-order valence-electron chi connectivity index (χ4n) is 3.00. The second-order valence-electron chi connectivity index (χ2n) is 6.85. The van der Waals surface area contributed by atoms with Gasteiger partial charge in [-0.1, -0.05) is 30.3 Å². The molecule has 1 atom stereocenters. The van der Waals surface area contributed by atoms with E-state index in [2.05, 4.69) is 30.7 Å². The number of nitrogens with zero attached hydrogens (tertiary/aromatic N) is 5. The molecule has 4 rings (SSSR count). The molecule has 0 aliphatic heterocycles. The molecule has 31 heavy (non-hydrogen) atoms. The van der Waals surface area contributed by atoms with Crippen molar-refractivity contribution in [3.8, 4) is 11.4 Å². The largest absolute Gasteiger partial charge is 0.440 e. The summed E-state index contributed by atoms with van der Waals surface area (Å²) >= 11 is 0. The first kappa shape index (κ1) is 20.2. The maximum Gasteiger partial charge on any atom is 0.307 e. The lowest BCUT2D eigenvalue weighted by Crippen LogP contribution is -2.31. The van der Waals surface area contributed by atoms with E-state index in [1.54, 1.807) is 30.2 Å². The van der Waals surface area contributed by atoms with Crippen molar-refractivity contribution in [3.05, 3.63) is 72.1 Å². The summed E-state index contributed by atoms with van der Waals surface area (Å²) in [6.07, 6.45) is 4.69. The summed E-state index contributed by atoms with van der Waals surface area (Å²) in [5.74, 6) is 0.436. The average molecular weight is 419 g/mol. The van der Waals surface area contributed by atoms with Crippen molar-refractivity contribution in [1.82, 2.24) is 30.0 Å². The Hall–Kier alpha value is -4.05. The van der Waals surface area contributed by atoms with Crippen LogP contribution >= 0.6 is 0 Å². The Kier molecular flexibility index (Phi) is 5.72. The summed E-state index contributed by atoms with van der Waals surface area (Å²) in [4.78, 5) is 25.7. The number of rotatable bonds is 7. The van der Waals surface area contributed by atoms with Crippen LogP contribution in [-0.2, 0) is 7.05 Å². The molecule has 4 aromatic rings. The maximum atomic E-state index is 12.6. The van der Waals surface area contributed by atoms with Gasteiger partial charge in [0, 0.05) is 19.3 Å². The monoisotopic (exact) mass is 419 g/mol. The summed E-state index contributed by atoms with van der Waals surface area (Å²) in [5, 5.41) is 19.6. The summed E-state index contributed by atoms with van der Waals surface area (Å²) in [7, 11) is 1.80. The topological polar surface area (TPSA) is 131 Å².